The van der Waals surface area contributed by atoms with Crippen molar-refractivity contribution in [3.05, 3.63) is 170 Å². The van der Waals surface area contributed by atoms with Crippen LogP contribution in [0.5, 0.6) is 0 Å². The first-order valence-electron chi connectivity index (χ1n) is 15.9. The molecule has 0 bridgehead atoms. The Morgan fingerprint density at radius 3 is 1.15 bits per heavy atom. The van der Waals surface area contributed by atoms with E-state index in [4.69, 9.17) is 5.73 Å². The fourth-order valence-corrected chi connectivity index (χ4v) is 7.38. The van der Waals surface area contributed by atoms with E-state index in [9.17, 15) is 0 Å². The molecule has 3 nitrogen and oxygen atoms in total. The van der Waals surface area contributed by atoms with Gasteiger partial charge in [-0.25, -0.2) is 0 Å². The number of hydrogen-bond acceptors (Lipinski definition) is 1. The summed E-state index contributed by atoms with van der Waals surface area (Å²) >= 11 is 0. The van der Waals surface area contributed by atoms with Crippen molar-refractivity contribution in [2.75, 3.05) is 5.73 Å². The van der Waals surface area contributed by atoms with E-state index >= 15 is 0 Å². The van der Waals surface area contributed by atoms with E-state index < -0.39 is 0 Å². The summed E-state index contributed by atoms with van der Waals surface area (Å²) in [7, 11) is 0. The summed E-state index contributed by atoms with van der Waals surface area (Å²) in [5, 5.41) is 5.01. The molecule has 0 amide bonds. The van der Waals surface area contributed by atoms with Gasteiger partial charge in [-0.2, -0.15) is 0 Å². The zero-order chi connectivity index (χ0) is 31.5. The molecule has 0 spiro atoms. The van der Waals surface area contributed by atoms with Crippen molar-refractivity contribution in [2.24, 2.45) is 0 Å². The highest BCUT2D eigenvalue weighted by Crippen LogP contribution is 2.41. The molecule has 0 saturated heterocycles. The van der Waals surface area contributed by atoms with Crippen LogP contribution in [0.3, 0.4) is 0 Å². The van der Waals surface area contributed by atoms with Crippen molar-refractivity contribution in [2.45, 2.75) is 0 Å². The zero-order valence-electron chi connectivity index (χ0n) is 25.8. The molecule has 0 aliphatic rings. The van der Waals surface area contributed by atoms with Gasteiger partial charge in [-0.1, -0.05) is 116 Å². The van der Waals surface area contributed by atoms with Crippen LogP contribution in [0.25, 0.3) is 83.3 Å². The van der Waals surface area contributed by atoms with Gasteiger partial charge in [0.2, 0.25) is 0 Å². The predicted octanol–water partition coefficient (Wildman–Crippen LogP) is 11.4. The van der Waals surface area contributed by atoms with Crippen LogP contribution in [0, 0.1) is 0 Å². The van der Waals surface area contributed by atoms with Crippen LogP contribution in [-0.4, -0.2) is 9.13 Å². The maximum atomic E-state index is 6.78. The van der Waals surface area contributed by atoms with Crippen LogP contribution in [-0.2, 0) is 0 Å². The summed E-state index contributed by atoms with van der Waals surface area (Å²) in [5.74, 6) is 0. The SMILES string of the molecule is C=Cc1ccc(N)c(-c2ccc(-n3c4ccccc4c4ccccc43)cc2)c1-c1ccc(-n2c3ccccc3c3ccccc32)cc1. The lowest BCUT2D eigenvalue weighted by Gasteiger charge is -2.18. The molecule has 2 aromatic heterocycles. The molecule has 3 heteroatoms. The van der Waals surface area contributed by atoms with Gasteiger partial charge in [0.1, 0.15) is 0 Å². The normalized spacial score (nSPS) is 11.6. The molecule has 222 valence electrons. The van der Waals surface area contributed by atoms with Crippen molar-refractivity contribution in [3.63, 3.8) is 0 Å². The average Bonchev–Trinajstić information content (AvgIpc) is 3.65. The highest BCUT2D eigenvalue weighted by atomic mass is 15.0. The smallest absolute Gasteiger partial charge is 0.0541 e. The summed E-state index contributed by atoms with van der Waals surface area (Å²) in [5.41, 5.74) is 19.8. The van der Waals surface area contributed by atoms with Gasteiger partial charge >= 0.3 is 0 Å². The van der Waals surface area contributed by atoms with Crippen LogP contribution in [0.15, 0.2) is 164 Å². The Kier molecular flexibility index (Phi) is 6.12. The van der Waals surface area contributed by atoms with Gasteiger partial charge in [0.05, 0.1) is 22.1 Å². The topological polar surface area (TPSA) is 35.9 Å². The van der Waals surface area contributed by atoms with E-state index in [1.165, 1.54) is 43.6 Å². The second kappa shape index (κ2) is 10.6. The number of anilines is 1. The largest absolute Gasteiger partial charge is 0.398 e. The Morgan fingerprint density at radius 2 is 0.766 bits per heavy atom. The van der Waals surface area contributed by atoms with Gasteiger partial charge in [-0.15, -0.1) is 0 Å². The lowest BCUT2D eigenvalue weighted by atomic mass is 9.89. The molecule has 0 radical (unpaired) electrons. The first-order valence-corrected chi connectivity index (χ1v) is 15.9. The summed E-state index contributed by atoms with van der Waals surface area (Å²) < 4.78 is 4.68. The molecule has 9 aromatic rings. The Hall–Kier alpha value is -6.32. The average molecular weight is 602 g/mol. The molecule has 9 rings (SSSR count). The lowest BCUT2D eigenvalue weighted by Crippen LogP contribution is -1.98. The van der Waals surface area contributed by atoms with E-state index in [-0.39, 0.29) is 0 Å². The number of hydrogen-bond donors (Lipinski definition) is 1. The molecule has 0 aliphatic carbocycles. The second-order valence-electron chi connectivity index (χ2n) is 12.0. The second-order valence-corrected chi connectivity index (χ2v) is 12.0. The van der Waals surface area contributed by atoms with Crippen molar-refractivity contribution in [1.29, 1.82) is 0 Å². The number of rotatable bonds is 5. The third-order valence-corrected chi connectivity index (χ3v) is 9.48. The predicted molar refractivity (Wildman–Crippen MR) is 200 cm³/mol. The molecule has 0 aliphatic heterocycles. The van der Waals surface area contributed by atoms with Gasteiger partial charge in [-0.05, 0) is 76.9 Å². The summed E-state index contributed by atoms with van der Waals surface area (Å²) in [4.78, 5) is 0. The number of nitrogens with two attached hydrogens (primary N) is 1. The van der Waals surface area contributed by atoms with Crippen LogP contribution in [0.2, 0.25) is 0 Å². The van der Waals surface area contributed by atoms with Crippen molar-refractivity contribution >= 4 is 55.4 Å². The first-order chi connectivity index (χ1) is 23.2. The fourth-order valence-electron chi connectivity index (χ4n) is 7.38. The highest BCUT2D eigenvalue weighted by molar-refractivity contribution is 6.10. The van der Waals surface area contributed by atoms with Gasteiger partial charge in [0, 0.05) is 44.2 Å². The van der Waals surface area contributed by atoms with E-state index in [2.05, 4.69) is 167 Å². The standard InChI is InChI=1S/C44H31N3/c1-2-29-23-28-38(45)44(31-21-26-33(27-22-31)47-41-17-9-5-13-36(41)37-14-6-10-18-42(37)47)43(29)30-19-24-32(25-20-30)46-39-15-7-3-11-34(39)35-12-4-8-16-40(35)46/h2-28H,1,45H2. The van der Waals surface area contributed by atoms with Gasteiger partial charge in [-0.3, -0.25) is 0 Å². The molecule has 0 atom stereocenters. The number of benzene rings is 7. The highest BCUT2D eigenvalue weighted by Gasteiger charge is 2.17. The molecular formula is C44H31N3. The van der Waals surface area contributed by atoms with Crippen LogP contribution in [0.1, 0.15) is 5.56 Å². The van der Waals surface area contributed by atoms with E-state index in [1.807, 2.05) is 12.1 Å². The molecule has 2 heterocycles. The van der Waals surface area contributed by atoms with Crippen molar-refractivity contribution < 1.29 is 0 Å². The molecule has 0 saturated carbocycles. The maximum absolute atomic E-state index is 6.78. The number of nitrogens with zero attached hydrogens (tertiary/aromatic N) is 2. The third kappa shape index (κ3) is 4.14. The number of nitrogen functional groups attached to an aromatic ring is 1. The first kappa shape index (κ1) is 27.0. The Bertz CT molecular complexity index is 2530. The summed E-state index contributed by atoms with van der Waals surface area (Å²) in [6, 6.07) is 56.1. The summed E-state index contributed by atoms with van der Waals surface area (Å²) in [6.45, 7) is 4.17. The van der Waals surface area contributed by atoms with E-state index in [1.54, 1.807) is 0 Å². The third-order valence-electron chi connectivity index (χ3n) is 9.48. The number of fused-ring (bicyclic) bond motifs is 6. The minimum atomic E-state index is 0.738. The van der Waals surface area contributed by atoms with Crippen LogP contribution in [0.4, 0.5) is 5.69 Å². The Morgan fingerprint density at radius 1 is 0.404 bits per heavy atom. The van der Waals surface area contributed by atoms with Gasteiger partial charge in [0.15, 0.2) is 0 Å². The molecule has 7 aromatic carbocycles. The molecule has 0 fully saturated rings. The van der Waals surface area contributed by atoms with Crippen LogP contribution < -0.4 is 5.73 Å². The Balaban J connectivity index is 1.17. The van der Waals surface area contributed by atoms with Crippen molar-refractivity contribution in [1.82, 2.24) is 9.13 Å². The van der Waals surface area contributed by atoms with Crippen LogP contribution >= 0.6 is 0 Å². The minimum Gasteiger partial charge on any atom is -0.398 e. The lowest BCUT2D eigenvalue weighted by molar-refractivity contribution is 1.18. The van der Waals surface area contributed by atoms with Gasteiger partial charge < -0.3 is 14.9 Å². The monoisotopic (exact) mass is 601 g/mol. The number of aromatic nitrogens is 2. The number of para-hydroxylation sites is 4. The van der Waals surface area contributed by atoms with E-state index in [0.29, 0.717) is 0 Å². The van der Waals surface area contributed by atoms with Crippen molar-refractivity contribution in [3.8, 4) is 33.6 Å². The molecule has 2 N–H and O–H groups in total. The molecular weight excluding hydrogens is 571 g/mol. The Labute approximate surface area is 273 Å². The fraction of sp³-hybridized carbons (Fsp3) is 0. The molecule has 0 unspecified atom stereocenters. The minimum absolute atomic E-state index is 0.738. The molecule has 47 heavy (non-hydrogen) atoms. The zero-order valence-corrected chi connectivity index (χ0v) is 25.8. The maximum Gasteiger partial charge on any atom is 0.0541 e. The van der Waals surface area contributed by atoms with Gasteiger partial charge in [0.25, 0.3) is 0 Å². The quantitative estimate of drug-likeness (QED) is 0.196. The van der Waals surface area contributed by atoms with E-state index in [0.717, 1.165) is 44.9 Å². The summed E-state index contributed by atoms with van der Waals surface area (Å²) in [6.07, 6.45) is 1.92.